The van der Waals surface area contributed by atoms with Crippen LogP contribution in [0.5, 0.6) is 0 Å². The third-order valence-corrected chi connectivity index (χ3v) is 2.92. The first kappa shape index (κ1) is 12.2. The van der Waals surface area contributed by atoms with Gasteiger partial charge in [0.2, 0.25) is 5.91 Å². The Labute approximate surface area is 92.1 Å². The number of rotatable bonds is 4. The molecule has 3 heteroatoms. The standard InChI is InChI=1S/C12H22N2O/c1-10(2)5-8-14-11(15)9-12(13)6-3-4-7-12/h5H,3-4,6-9,13H2,1-2H3,(H,14,15). The van der Waals surface area contributed by atoms with E-state index in [-0.39, 0.29) is 11.4 Å². The second-order valence-corrected chi connectivity index (χ2v) is 4.83. The number of carbonyl (C=O) groups excluding carboxylic acids is 1. The lowest BCUT2D eigenvalue weighted by Crippen LogP contribution is -2.42. The van der Waals surface area contributed by atoms with E-state index in [0.717, 1.165) is 25.7 Å². The zero-order chi connectivity index (χ0) is 11.3. The Morgan fingerprint density at radius 3 is 2.53 bits per heavy atom. The molecule has 0 bridgehead atoms. The molecule has 0 aromatic rings. The van der Waals surface area contributed by atoms with Gasteiger partial charge >= 0.3 is 0 Å². The number of carbonyl (C=O) groups is 1. The van der Waals surface area contributed by atoms with Gasteiger partial charge in [0.05, 0.1) is 0 Å². The van der Waals surface area contributed by atoms with E-state index in [2.05, 4.69) is 5.32 Å². The maximum absolute atomic E-state index is 11.6. The first-order valence-corrected chi connectivity index (χ1v) is 5.71. The average Bonchev–Trinajstić information content (AvgIpc) is 2.50. The molecular weight excluding hydrogens is 188 g/mol. The SMILES string of the molecule is CC(C)=CCNC(=O)CC1(N)CCCC1. The molecule has 1 fully saturated rings. The lowest BCUT2D eigenvalue weighted by molar-refractivity contribution is -0.122. The molecule has 0 aromatic heterocycles. The largest absolute Gasteiger partial charge is 0.353 e. The summed E-state index contributed by atoms with van der Waals surface area (Å²) in [5.41, 5.74) is 7.11. The Morgan fingerprint density at radius 1 is 1.40 bits per heavy atom. The average molecular weight is 210 g/mol. The van der Waals surface area contributed by atoms with Crippen LogP contribution in [0.25, 0.3) is 0 Å². The third kappa shape index (κ3) is 4.47. The summed E-state index contributed by atoms with van der Waals surface area (Å²) < 4.78 is 0. The van der Waals surface area contributed by atoms with Crippen LogP contribution < -0.4 is 11.1 Å². The molecule has 3 N–H and O–H groups in total. The van der Waals surface area contributed by atoms with Crippen molar-refractivity contribution < 1.29 is 4.79 Å². The summed E-state index contributed by atoms with van der Waals surface area (Å²) >= 11 is 0. The molecule has 0 aromatic carbocycles. The van der Waals surface area contributed by atoms with Crippen LogP contribution in [-0.2, 0) is 4.79 Å². The number of nitrogens with two attached hydrogens (primary N) is 1. The normalized spacial score (nSPS) is 18.6. The van der Waals surface area contributed by atoms with Crippen LogP contribution >= 0.6 is 0 Å². The van der Waals surface area contributed by atoms with Crippen LogP contribution in [0.4, 0.5) is 0 Å². The van der Waals surface area contributed by atoms with E-state index < -0.39 is 0 Å². The number of amides is 1. The van der Waals surface area contributed by atoms with E-state index in [9.17, 15) is 4.79 Å². The Kier molecular flexibility index (Phi) is 4.33. The highest BCUT2D eigenvalue weighted by atomic mass is 16.1. The molecule has 0 unspecified atom stereocenters. The Hall–Kier alpha value is -0.830. The Balaban J connectivity index is 2.26. The summed E-state index contributed by atoms with van der Waals surface area (Å²) in [6, 6.07) is 0. The fraction of sp³-hybridized carbons (Fsp3) is 0.750. The summed E-state index contributed by atoms with van der Waals surface area (Å²) in [7, 11) is 0. The zero-order valence-electron chi connectivity index (χ0n) is 9.81. The van der Waals surface area contributed by atoms with Crippen LogP contribution in [-0.4, -0.2) is 18.0 Å². The quantitative estimate of drug-likeness (QED) is 0.694. The summed E-state index contributed by atoms with van der Waals surface area (Å²) in [5.74, 6) is 0.0805. The lowest BCUT2D eigenvalue weighted by Gasteiger charge is -2.22. The van der Waals surface area contributed by atoms with Crippen molar-refractivity contribution in [2.75, 3.05) is 6.54 Å². The van der Waals surface area contributed by atoms with Crippen molar-refractivity contribution in [2.45, 2.75) is 51.5 Å². The van der Waals surface area contributed by atoms with E-state index in [4.69, 9.17) is 5.73 Å². The highest BCUT2D eigenvalue weighted by Crippen LogP contribution is 2.29. The van der Waals surface area contributed by atoms with Gasteiger partial charge in [-0.25, -0.2) is 0 Å². The molecule has 1 amide bonds. The fourth-order valence-corrected chi connectivity index (χ4v) is 2.01. The van der Waals surface area contributed by atoms with Gasteiger partial charge in [0.25, 0.3) is 0 Å². The van der Waals surface area contributed by atoms with Crippen molar-refractivity contribution in [3.63, 3.8) is 0 Å². The maximum atomic E-state index is 11.6. The summed E-state index contributed by atoms with van der Waals surface area (Å²) in [5, 5.41) is 2.87. The number of hydrogen-bond donors (Lipinski definition) is 2. The van der Waals surface area contributed by atoms with Gasteiger partial charge in [0, 0.05) is 18.5 Å². The molecule has 0 heterocycles. The van der Waals surface area contributed by atoms with Crippen LogP contribution in [0.2, 0.25) is 0 Å². The molecule has 0 atom stereocenters. The van der Waals surface area contributed by atoms with Gasteiger partial charge in [-0.05, 0) is 26.7 Å². The zero-order valence-corrected chi connectivity index (χ0v) is 9.81. The molecule has 86 valence electrons. The molecule has 0 radical (unpaired) electrons. The predicted molar refractivity (Wildman–Crippen MR) is 62.4 cm³/mol. The topological polar surface area (TPSA) is 55.1 Å². The molecule has 3 nitrogen and oxygen atoms in total. The number of nitrogens with one attached hydrogen (secondary N) is 1. The lowest BCUT2D eigenvalue weighted by atomic mass is 9.94. The monoisotopic (exact) mass is 210 g/mol. The van der Waals surface area contributed by atoms with Crippen molar-refractivity contribution >= 4 is 5.91 Å². The highest BCUT2D eigenvalue weighted by molar-refractivity contribution is 5.77. The van der Waals surface area contributed by atoms with E-state index in [1.54, 1.807) is 0 Å². The van der Waals surface area contributed by atoms with Gasteiger partial charge in [-0.1, -0.05) is 24.5 Å². The van der Waals surface area contributed by atoms with Crippen LogP contribution in [0.3, 0.4) is 0 Å². The fourth-order valence-electron chi connectivity index (χ4n) is 2.01. The van der Waals surface area contributed by atoms with Crippen LogP contribution in [0.15, 0.2) is 11.6 Å². The molecule has 1 aliphatic carbocycles. The van der Waals surface area contributed by atoms with E-state index in [0.29, 0.717) is 13.0 Å². The first-order chi connectivity index (χ1) is 7.02. The van der Waals surface area contributed by atoms with Crippen molar-refractivity contribution in [1.29, 1.82) is 0 Å². The van der Waals surface area contributed by atoms with Crippen molar-refractivity contribution in [1.82, 2.24) is 5.32 Å². The van der Waals surface area contributed by atoms with Crippen molar-refractivity contribution in [3.8, 4) is 0 Å². The summed E-state index contributed by atoms with van der Waals surface area (Å²) in [4.78, 5) is 11.6. The van der Waals surface area contributed by atoms with Gasteiger partial charge in [-0.3, -0.25) is 4.79 Å². The molecule has 1 rings (SSSR count). The van der Waals surface area contributed by atoms with Gasteiger partial charge < -0.3 is 11.1 Å². The van der Waals surface area contributed by atoms with Gasteiger partial charge in [-0.2, -0.15) is 0 Å². The summed E-state index contributed by atoms with van der Waals surface area (Å²) in [6.07, 6.45) is 6.79. The minimum Gasteiger partial charge on any atom is -0.353 e. The van der Waals surface area contributed by atoms with Gasteiger partial charge in [0.15, 0.2) is 0 Å². The van der Waals surface area contributed by atoms with Gasteiger partial charge in [-0.15, -0.1) is 0 Å². The molecule has 0 spiro atoms. The minimum atomic E-state index is -0.227. The Morgan fingerprint density at radius 2 is 2.00 bits per heavy atom. The van der Waals surface area contributed by atoms with Crippen LogP contribution in [0, 0.1) is 0 Å². The van der Waals surface area contributed by atoms with Crippen molar-refractivity contribution in [3.05, 3.63) is 11.6 Å². The molecule has 0 aliphatic heterocycles. The summed E-state index contributed by atoms with van der Waals surface area (Å²) in [6.45, 7) is 4.67. The minimum absolute atomic E-state index is 0.0805. The predicted octanol–water partition coefficient (Wildman–Crippen LogP) is 1.73. The maximum Gasteiger partial charge on any atom is 0.222 e. The molecule has 1 aliphatic rings. The molecular formula is C12H22N2O. The van der Waals surface area contributed by atoms with Crippen molar-refractivity contribution in [2.24, 2.45) is 5.73 Å². The molecule has 0 saturated heterocycles. The Bertz CT molecular complexity index is 248. The second-order valence-electron chi connectivity index (χ2n) is 4.83. The number of hydrogen-bond acceptors (Lipinski definition) is 2. The molecule has 1 saturated carbocycles. The third-order valence-electron chi connectivity index (χ3n) is 2.92. The smallest absolute Gasteiger partial charge is 0.222 e. The van der Waals surface area contributed by atoms with E-state index in [1.807, 2.05) is 19.9 Å². The van der Waals surface area contributed by atoms with E-state index >= 15 is 0 Å². The highest BCUT2D eigenvalue weighted by Gasteiger charge is 2.31. The number of allylic oxidation sites excluding steroid dienone is 1. The second kappa shape index (κ2) is 5.31. The first-order valence-electron chi connectivity index (χ1n) is 5.71. The van der Waals surface area contributed by atoms with Crippen LogP contribution in [0.1, 0.15) is 46.0 Å². The molecule has 15 heavy (non-hydrogen) atoms. The van der Waals surface area contributed by atoms with Gasteiger partial charge in [0.1, 0.15) is 0 Å². The van der Waals surface area contributed by atoms with E-state index in [1.165, 1.54) is 5.57 Å².